The van der Waals surface area contributed by atoms with Crippen LogP contribution in [0.3, 0.4) is 0 Å². The highest BCUT2D eigenvalue weighted by molar-refractivity contribution is 5.69. The normalized spacial score (nSPS) is 23.7. The molecule has 0 unspecified atom stereocenters. The van der Waals surface area contributed by atoms with Gasteiger partial charge < -0.3 is 19.7 Å². The molecular weight excluding hydrogens is 420 g/mol. The van der Waals surface area contributed by atoms with E-state index in [1.807, 2.05) is 44.2 Å². The maximum Gasteiger partial charge on any atom is 0.306 e. The van der Waals surface area contributed by atoms with Crippen molar-refractivity contribution in [3.05, 3.63) is 48.0 Å². The molecule has 0 amide bonds. The minimum Gasteiger partial charge on any atom is -0.464 e. The summed E-state index contributed by atoms with van der Waals surface area (Å²) in [4.78, 5) is 22.6. The van der Waals surface area contributed by atoms with E-state index in [0.29, 0.717) is 45.0 Å². The fraction of sp³-hybridized carbons (Fsp3) is 0.630. The highest BCUT2D eigenvalue weighted by Gasteiger charge is 2.42. The number of aryl methyl sites for hydroxylation is 1. The van der Waals surface area contributed by atoms with Crippen LogP contribution in [0.5, 0.6) is 0 Å². The van der Waals surface area contributed by atoms with Crippen molar-refractivity contribution in [1.82, 2.24) is 0 Å². The second-order valence-corrected chi connectivity index (χ2v) is 9.29. The number of esters is 1. The topological polar surface area (TPSA) is 93.1 Å². The van der Waals surface area contributed by atoms with Crippen molar-refractivity contribution < 1.29 is 29.3 Å². The summed E-state index contributed by atoms with van der Waals surface area (Å²) in [5.41, 5.74) is 1.20. The van der Waals surface area contributed by atoms with Crippen LogP contribution in [0.15, 0.2) is 42.5 Å². The Bertz CT molecular complexity index is 717. The smallest absolute Gasteiger partial charge is 0.306 e. The van der Waals surface area contributed by atoms with Gasteiger partial charge in [0.05, 0.1) is 18.3 Å². The molecule has 6 heteroatoms. The number of unbranched alkanes of at least 4 members (excludes halogenated alkanes) is 1. The third-order valence-corrected chi connectivity index (χ3v) is 6.36. The minimum atomic E-state index is -0.535. The van der Waals surface area contributed by atoms with Gasteiger partial charge in [-0.1, -0.05) is 42.5 Å². The predicted octanol–water partition coefficient (Wildman–Crippen LogP) is 4.37. The summed E-state index contributed by atoms with van der Waals surface area (Å²) in [7, 11) is 0. The van der Waals surface area contributed by atoms with Gasteiger partial charge in [0.2, 0.25) is 0 Å². The van der Waals surface area contributed by atoms with Crippen molar-refractivity contribution in [2.24, 2.45) is 11.8 Å². The number of benzene rings is 1. The maximum absolute atomic E-state index is 11.6. The SMILES string of the molecule is CC(C)OC(=O)CCC/C=C\C[C@@H]1[C@@H](CC[C@@H](O)CCc2ccccc2)[C@H](OC=O)C[C@@H]1O. The summed E-state index contributed by atoms with van der Waals surface area (Å²) < 4.78 is 10.4. The van der Waals surface area contributed by atoms with Gasteiger partial charge in [0.1, 0.15) is 6.10 Å². The van der Waals surface area contributed by atoms with E-state index in [2.05, 4.69) is 12.1 Å². The Balaban J connectivity index is 1.79. The van der Waals surface area contributed by atoms with Gasteiger partial charge in [-0.25, -0.2) is 0 Å². The Morgan fingerprint density at radius 2 is 1.91 bits per heavy atom. The first-order valence-electron chi connectivity index (χ1n) is 12.2. The zero-order valence-electron chi connectivity index (χ0n) is 20.0. The predicted molar refractivity (Wildman–Crippen MR) is 127 cm³/mol. The van der Waals surface area contributed by atoms with Gasteiger partial charge in [0.15, 0.2) is 0 Å². The van der Waals surface area contributed by atoms with Gasteiger partial charge >= 0.3 is 5.97 Å². The first-order valence-corrected chi connectivity index (χ1v) is 12.2. The Morgan fingerprint density at radius 1 is 1.15 bits per heavy atom. The van der Waals surface area contributed by atoms with E-state index in [1.54, 1.807) is 0 Å². The van der Waals surface area contributed by atoms with Crippen molar-refractivity contribution in [1.29, 1.82) is 0 Å². The zero-order chi connectivity index (χ0) is 24.1. The van der Waals surface area contributed by atoms with Crippen LogP contribution in [0.4, 0.5) is 0 Å². The van der Waals surface area contributed by atoms with Crippen molar-refractivity contribution in [2.45, 2.75) is 96.1 Å². The summed E-state index contributed by atoms with van der Waals surface area (Å²) in [6, 6.07) is 10.1. The summed E-state index contributed by atoms with van der Waals surface area (Å²) in [6.45, 7) is 4.14. The summed E-state index contributed by atoms with van der Waals surface area (Å²) in [6.07, 6.45) is 8.53. The van der Waals surface area contributed by atoms with Gasteiger partial charge in [-0.3, -0.25) is 9.59 Å². The quantitative estimate of drug-likeness (QED) is 0.175. The Morgan fingerprint density at radius 3 is 2.61 bits per heavy atom. The van der Waals surface area contributed by atoms with E-state index in [9.17, 15) is 19.8 Å². The lowest BCUT2D eigenvalue weighted by atomic mass is 9.85. The van der Waals surface area contributed by atoms with E-state index < -0.39 is 12.2 Å². The molecule has 2 rings (SSSR count). The molecular formula is C27H40O6. The van der Waals surface area contributed by atoms with Crippen LogP contribution in [-0.4, -0.2) is 47.1 Å². The van der Waals surface area contributed by atoms with Crippen LogP contribution in [0, 0.1) is 11.8 Å². The van der Waals surface area contributed by atoms with Gasteiger partial charge in [-0.05, 0) is 70.3 Å². The van der Waals surface area contributed by atoms with Gasteiger partial charge in [-0.15, -0.1) is 0 Å². The third-order valence-electron chi connectivity index (χ3n) is 6.36. The molecule has 1 saturated carbocycles. The number of hydrogen-bond donors (Lipinski definition) is 2. The van der Waals surface area contributed by atoms with Gasteiger partial charge in [-0.2, -0.15) is 0 Å². The molecule has 0 bridgehead atoms. The molecule has 33 heavy (non-hydrogen) atoms. The summed E-state index contributed by atoms with van der Waals surface area (Å²) in [5, 5.41) is 21.1. The Labute approximate surface area is 198 Å². The van der Waals surface area contributed by atoms with Crippen LogP contribution in [0.2, 0.25) is 0 Å². The number of allylic oxidation sites excluding steroid dienone is 2. The third kappa shape index (κ3) is 10.1. The highest BCUT2D eigenvalue weighted by Crippen LogP contribution is 2.40. The van der Waals surface area contributed by atoms with E-state index >= 15 is 0 Å². The number of carbonyl (C=O) groups excluding carboxylic acids is 2. The van der Waals surface area contributed by atoms with Crippen LogP contribution in [0.25, 0.3) is 0 Å². The lowest BCUT2D eigenvalue weighted by molar-refractivity contribution is -0.147. The lowest BCUT2D eigenvalue weighted by Gasteiger charge is -2.25. The van der Waals surface area contributed by atoms with Gasteiger partial charge in [0.25, 0.3) is 6.47 Å². The molecule has 1 fully saturated rings. The fourth-order valence-electron chi connectivity index (χ4n) is 4.67. The van der Waals surface area contributed by atoms with E-state index in [0.717, 1.165) is 19.3 Å². The molecule has 1 aromatic rings. The molecule has 0 radical (unpaired) electrons. The number of aliphatic hydroxyl groups is 2. The van der Waals surface area contributed by atoms with Crippen molar-refractivity contribution >= 4 is 12.4 Å². The molecule has 0 heterocycles. The average molecular weight is 461 g/mol. The minimum absolute atomic E-state index is 0.0153. The molecule has 0 aromatic heterocycles. The molecule has 0 spiro atoms. The molecule has 5 atom stereocenters. The van der Waals surface area contributed by atoms with E-state index in [4.69, 9.17) is 9.47 Å². The second-order valence-electron chi connectivity index (χ2n) is 9.29. The molecule has 2 N–H and O–H groups in total. The Hall–Kier alpha value is -2.18. The van der Waals surface area contributed by atoms with Crippen molar-refractivity contribution in [3.8, 4) is 0 Å². The first kappa shape index (κ1) is 27.1. The molecule has 0 saturated heterocycles. The monoisotopic (exact) mass is 460 g/mol. The number of ether oxygens (including phenoxy) is 2. The molecule has 1 aliphatic rings. The van der Waals surface area contributed by atoms with Crippen molar-refractivity contribution in [2.75, 3.05) is 0 Å². The summed E-state index contributed by atoms with van der Waals surface area (Å²) >= 11 is 0. The molecule has 6 nitrogen and oxygen atoms in total. The standard InChI is InChI=1S/C27H40O6/c1-20(2)33-27(31)13-9-4-3-8-12-23-24(26(32-19-28)18-25(23)30)17-16-22(29)15-14-21-10-6-5-7-11-21/h3,5-8,10-11,19-20,22-26,29-30H,4,9,12-18H2,1-2H3/b8-3-/t22-,23+,24+,25-,26+/m0/s1. The van der Waals surface area contributed by atoms with Gasteiger partial charge in [0, 0.05) is 18.8 Å². The fourth-order valence-corrected chi connectivity index (χ4v) is 4.67. The number of rotatable bonds is 15. The molecule has 1 aromatic carbocycles. The van der Waals surface area contributed by atoms with Crippen molar-refractivity contribution in [3.63, 3.8) is 0 Å². The lowest BCUT2D eigenvalue weighted by Crippen LogP contribution is -2.25. The zero-order valence-corrected chi connectivity index (χ0v) is 20.0. The summed E-state index contributed by atoms with van der Waals surface area (Å²) in [5.74, 6) is -0.176. The Kier molecular flexibility index (Phi) is 12.2. The van der Waals surface area contributed by atoms with Crippen LogP contribution in [0.1, 0.15) is 70.8 Å². The van der Waals surface area contributed by atoms with Crippen LogP contribution in [-0.2, 0) is 25.5 Å². The number of hydrogen-bond acceptors (Lipinski definition) is 6. The van der Waals surface area contributed by atoms with E-state index in [1.165, 1.54) is 5.56 Å². The molecule has 1 aliphatic carbocycles. The average Bonchev–Trinajstić information content (AvgIpc) is 3.07. The first-order chi connectivity index (χ1) is 15.9. The van der Waals surface area contributed by atoms with E-state index in [-0.39, 0.29) is 30.0 Å². The molecule has 0 aliphatic heterocycles. The maximum atomic E-state index is 11.6. The largest absolute Gasteiger partial charge is 0.464 e. The van der Waals surface area contributed by atoms with Crippen LogP contribution >= 0.6 is 0 Å². The second kappa shape index (κ2) is 14.9. The number of aliphatic hydroxyl groups excluding tert-OH is 2. The van der Waals surface area contributed by atoms with Crippen LogP contribution < -0.4 is 0 Å². The number of carbonyl (C=O) groups is 2. The highest BCUT2D eigenvalue weighted by atomic mass is 16.5. The molecule has 184 valence electrons.